The lowest BCUT2D eigenvalue weighted by Crippen LogP contribution is -1.90. The zero-order chi connectivity index (χ0) is 15.5. The van der Waals surface area contributed by atoms with Gasteiger partial charge in [0.05, 0.1) is 5.56 Å². The SMILES string of the molecule is Cc1cc(O)c(Oc2ccccc2C#N)cc1-c1cccs1. The monoisotopic (exact) mass is 307 g/mol. The van der Waals surface area contributed by atoms with Gasteiger partial charge >= 0.3 is 0 Å². The molecule has 0 bridgehead atoms. The summed E-state index contributed by atoms with van der Waals surface area (Å²) in [4.78, 5) is 1.11. The minimum Gasteiger partial charge on any atom is -0.504 e. The first-order chi connectivity index (χ1) is 10.7. The van der Waals surface area contributed by atoms with E-state index in [1.54, 1.807) is 41.7 Å². The van der Waals surface area contributed by atoms with Gasteiger partial charge in [0, 0.05) is 4.88 Å². The molecule has 3 rings (SSSR count). The van der Waals surface area contributed by atoms with E-state index in [9.17, 15) is 5.11 Å². The van der Waals surface area contributed by atoms with Gasteiger partial charge in [0.2, 0.25) is 0 Å². The molecule has 0 atom stereocenters. The first kappa shape index (κ1) is 14.2. The Morgan fingerprint density at radius 1 is 1.09 bits per heavy atom. The third-order valence-electron chi connectivity index (χ3n) is 3.32. The fourth-order valence-corrected chi connectivity index (χ4v) is 3.03. The van der Waals surface area contributed by atoms with E-state index in [2.05, 4.69) is 6.07 Å². The highest BCUT2D eigenvalue weighted by atomic mass is 32.1. The number of nitriles is 1. The average Bonchev–Trinajstić information content (AvgIpc) is 3.04. The molecule has 0 amide bonds. The lowest BCUT2D eigenvalue weighted by molar-refractivity contribution is 0.410. The molecule has 0 aliphatic carbocycles. The van der Waals surface area contributed by atoms with Crippen LogP contribution in [0, 0.1) is 18.3 Å². The number of thiophene rings is 1. The fourth-order valence-electron chi connectivity index (χ4n) is 2.22. The van der Waals surface area contributed by atoms with E-state index < -0.39 is 0 Å². The molecule has 4 heteroatoms. The molecular weight excluding hydrogens is 294 g/mol. The summed E-state index contributed by atoms with van der Waals surface area (Å²) in [6, 6.07) is 16.5. The molecule has 1 N–H and O–H groups in total. The number of phenolic OH excluding ortho intramolecular Hbond substituents is 1. The molecule has 0 aliphatic heterocycles. The molecule has 0 saturated carbocycles. The van der Waals surface area contributed by atoms with Crippen molar-refractivity contribution in [3.8, 4) is 33.8 Å². The highest BCUT2D eigenvalue weighted by molar-refractivity contribution is 7.13. The lowest BCUT2D eigenvalue weighted by Gasteiger charge is -2.12. The van der Waals surface area contributed by atoms with E-state index >= 15 is 0 Å². The number of aromatic hydroxyl groups is 1. The number of phenols is 1. The van der Waals surface area contributed by atoms with Crippen LogP contribution in [-0.2, 0) is 0 Å². The van der Waals surface area contributed by atoms with Crippen molar-refractivity contribution in [3.05, 3.63) is 65.0 Å². The normalized spacial score (nSPS) is 10.2. The van der Waals surface area contributed by atoms with Crippen molar-refractivity contribution in [1.82, 2.24) is 0 Å². The van der Waals surface area contributed by atoms with Gasteiger partial charge in [-0.25, -0.2) is 0 Å². The zero-order valence-electron chi connectivity index (χ0n) is 11.9. The third-order valence-corrected chi connectivity index (χ3v) is 4.22. The topological polar surface area (TPSA) is 53.2 Å². The summed E-state index contributed by atoms with van der Waals surface area (Å²) in [6.07, 6.45) is 0. The van der Waals surface area contributed by atoms with Gasteiger partial charge in [-0.05, 0) is 53.8 Å². The molecule has 0 fully saturated rings. The van der Waals surface area contributed by atoms with Gasteiger partial charge in [-0.15, -0.1) is 11.3 Å². The van der Waals surface area contributed by atoms with Gasteiger partial charge in [-0.2, -0.15) is 5.26 Å². The number of nitrogens with zero attached hydrogens (tertiary/aromatic N) is 1. The minimum atomic E-state index is 0.0607. The molecule has 0 aliphatic rings. The Hall–Kier alpha value is -2.77. The zero-order valence-corrected chi connectivity index (χ0v) is 12.7. The predicted octanol–water partition coefficient (Wildman–Crippen LogP) is 5.09. The quantitative estimate of drug-likeness (QED) is 0.733. The van der Waals surface area contributed by atoms with Crippen LogP contribution < -0.4 is 4.74 Å². The highest BCUT2D eigenvalue weighted by Crippen LogP contribution is 2.39. The van der Waals surface area contributed by atoms with E-state index in [4.69, 9.17) is 10.00 Å². The maximum atomic E-state index is 10.1. The molecule has 1 heterocycles. The van der Waals surface area contributed by atoms with Crippen molar-refractivity contribution in [3.63, 3.8) is 0 Å². The number of aryl methyl sites for hydroxylation is 1. The summed E-state index contributed by atoms with van der Waals surface area (Å²) < 4.78 is 5.76. The van der Waals surface area contributed by atoms with Crippen LogP contribution in [0.4, 0.5) is 0 Å². The maximum absolute atomic E-state index is 10.1. The summed E-state index contributed by atoms with van der Waals surface area (Å²) in [6.45, 7) is 1.95. The van der Waals surface area contributed by atoms with Crippen molar-refractivity contribution >= 4 is 11.3 Å². The van der Waals surface area contributed by atoms with Crippen molar-refractivity contribution in [2.24, 2.45) is 0 Å². The second-order valence-electron chi connectivity index (χ2n) is 4.82. The molecule has 0 saturated heterocycles. The van der Waals surface area contributed by atoms with Crippen LogP contribution in [-0.4, -0.2) is 5.11 Å². The van der Waals surface area contributed by atoms with Gasteiger partial charge in [-0.3, -0.25) is 0 Å². The second kappa shape index (κ2) is 5.92. The van der Waals surface area contributed by atoms with Crippen LogP contribution in [0.5, 0.6) is 17.2 Å². The Balaban J connectivity index is 2.04. The Morgan fingerprint density at radius 3 is 2.64 bits per heavy atom. The van der Waals surface area contributed by atoms with Crippen molar-refractivity contribution in [2.45, 2.75) is 6.92 Å². The van der Waals surface area contributed by atoms with Crippen LogP contribution >= 0.6 is 11.3 Å². The van der Waals surface area contributed by atoms with Gasteiger partial charge in [-0.1, -0.05) is 18.2 Å². The summed E-state index contributed by atoms with van der Waals surface area (Å²) >= 11 is 1.63. The maximum Gasteiger partial charge on any atom is 0.169 e. The second-order valence-corrected chi connectivity index (χ2v) is 5.77. The number of para-hydroxylation sites is 1. The van der Waals surface area contributed by atoms with Crippen molar-refractivity contribution in [2.75, 3.05) is 0 Å². The fraction of sp³-hybridized carbons (Fsp3) is 0.0556. The van der Waals surface area contributed by atoms with Gasteiger partial charge in [0.15, 0.2) is 11.5 Å². The molecular formula is C18H13NO2S. The molecule has 0 radical (unpaired) electrons. The minimum absolute atomic E-state index is 0.0607. The van der Waals surface area contributed by atoms with Gasteiger partial charge in [0.1, 0.15) is 11.8 Å². The Morgan fingerprint density at radius 2 is 1.91 bits per heavy atom. The molecule has 0 unspecified atom stereocenters. The molecule has 2 aromatic carbocycles. The lowest BCUT2D eigenvalue weighted by atomic mass is 10.1. The van der Waals surface area contributed by atoms with E-state index in [-0.39, 0.29) is 5.75 Å². The number of rotatable bonds is 3. The van der Waals surface area contributed by atoms with Gasteiger partial charge in [0.25, 0.3) is 0 Å². The molecule has 1 aromatic heterocycles. The van der Waals surface area contributed by atoms with Crippen LogP contribution in [0.15, 0.2) is 53.9 Å². The number of hydrogen-bond acceptors (Lipinski definition) is 4. The van der Waals surface area contributed by atoms with Gasteiger partial charge < -0.3 is 9.84 Å². The van der Waals surface area contributed by atoms with Crippen LogP contribution in [0.3, 0.4) is 0 Å². The molecule has 22 heavy (non-hydrogen) atoms. The van der Waals surface area contributed by atoms with Crippen molar-refractivity contribution in [1.29, 1.82) is 5.26 Å². The molecule has 3 nitrogen and oxygen atoms in total. The van der Waals surface area contributed by atoms with Crippen LogP contribution in [0.2, 0.25) is 0 Å². The summed E-state index contributed by atoms with van der Waals surface area (Å²) in [7, 11) is 0. The predicted molar refractivity (Wildman–Crippen MR) is 87.4 cm³/mol. The highest BCUT2D eigenvalue weighted by Gasteiger charge is 2.12. The summed E-state index contributed by atoms with van der Waals surface area (Å²) in [5, 5.41) is 21.3. The number of benzene rings is 2. The van der Waals surface area contributed by atoms with E-state index in [0.717, 1.165) is 16.0 Å². The van der Waals surface area contributed by atoms with E-state index in [0.29, 0.717) is 17.1 Å². The Kier molecular flexibility index (Phi) is 3.82. The Labute approximate surface area is 132 Å². The number of ether oxygens (including phenoxy) is 1. The smallest absolute Gasteiger partial charge is 0.169 e. The third kappa shape index (κ3) is 2.67. The summed E-state index contributed by atoms with van der Waals surface area (Å²) in [5.41, 5.74) is 2.42. The molecule has 3 aromatic rings. The van der Waals surface area contributed by atoms with Crippen LogP contribution in [0.1, 0.15) is 11.1 Å². The molecule has 0 spiro atoms. The standard InChI is InChI=1S/C18H13NO2S/c1-12-9-15(20)17(10-14(12)18-7-4-8-22-18)21-16-6-3-2-5-13(16)11-19/h2-10,20H,1H3. The number of hydrogen-bond donors (Lipinski definition) is 1. The summed E-state index contributed by atoms with van der Waals surface area (Å²) in [5.74, 6) is 0.837. The first-order valence-electron chi connectivity index (χ1n) is 6.73. The first-order valence-corrected chi connectivity index (χ1v) is 7.61. The van der Waals surface area contributed by atoms with Crippen molar-refractivity contribution < 1.29 is 9.84 Å². The Bertz CT molecular complexity index is 848. The molecule has 108 valence electrons. The largest absolute Gasteiger partial charge is 0.504 e. The average molecular weight is 307 g/mol. The van der Waals surface area contributed by atoms with E-state index in [1.807, 2.05) is 30.5 Å². The van der Waals surface area contributed by atoms with Crippen LogP contribution in [0.25, 0.3) is 10.4 Å². The van der Waals surface area contributed by atoms with E-state index in [1.165, 1.54) is 0 Å².